The summed E-state index contributed by atoms with van der Waals surface area (Å²) in [6.07, 6.45) is 2.59. The number of fused-ring (bicyclic) bond motifs is 2. The molecule has 3 aliphatic heterocycles. The summed E-state index contributed by atoms with van der Waals surface area (Å²) in [5.74, 6) is 1.69. The fourth-order valence-corrected chi connectivity index (χ4v) is 4.28. The number of benzene rings is 1. The molecule has 1 fully saturated rings. The van der Waals surface area contributed by atoms with E-state index in [4.69, 9.17) is 14.2 Å². The SMILES string of the molecule is C[C@H](Oc1ccc2c(c1)OCO2)C(=O)N1CCN(C(=O)c2cc3n(n2)CCCC3)CC1. The molecule has 0 unspecified atom stereocenters. The molecular weight excluding hydrogens is 400 g/mol. The summed E-state index contributed by atoms with van der Waals surface area (Å²) in [6, 6.07) is 7.18. The predicted molar refractivity (Wildman–Crippen MR) is 110 cm³/mol. The molecule has 2 aromatic rings. The van der Waals surface area contributed by atoms with Crippen LogP contribution in [0.4, 0.5) is 0 Å². The molecule has 0 aliphatic carbocycles. The minimum atomic E-state index is -0.637. The van der Waals surface area contributed by atoms with E-state index < -0.39 is 6.10 Å². The zero-order valence-corrected chi connectivity index (χ0v) is 17.6. The molecule has 9 nitrogen and oxygen atoms in total. The quantitative estimate of drug-likeness (QED) is 0.740. The average molecular weight is 426 g/mol. The van der Waals surface area contributed by atoms with Gasteiger partial charge in [0.05, 0.1) is 0 Å². The van der Waals surface area contributed by atoms with Crippen LogP contribution >= 0.6 is 0 Å². The lowest BCUT2D eigenvalue weighted by atomic mass is 10.1. The maximum atomic E-state index is 12.9. The lowest BCUT2D eigenvalue weighted by Crippen LogP contribution is -2.53. The summed E-state index contributed by atoms with van der Waals surface area (Å²) in [6.45, 7) is 4.75. The van der Waals surface area contributed by atoms with E-state index in [-0.39, 0.29) is 18.6 Å². The average Bonchev–Trinajstić information content (AvgIpc) is 3.44. The van der Waals surface area contributed by atoms with Gasteiger partial charge in [0.25, 0.3) is 11.8 Å². The Hall–Kier alpha value is -3.23. The van der Waals surface area contributed by atoms with Gasteiger partial charge in [-0.2, -0.15) is 5.10 Å². The second-order valence-corrected chi connectivity index (χ2v) is 8.09. The Kier molecular flexibility index (Phi) is 5.17. The molecule has 3 aliphatic rings. The Labute approximate surface area is 180 Å². The van der Waals surface area contributed by atoms with Crippen molar-refractivity contribution >= 4 is 11.8 Å². The van der Waals surface area contributed by atoms with Crippen LogP contribution in [0.5, 0.6) is 17.2 Å². The Morgan fingerprint density at radius 1 is 1.00 bits per heavy atom. The highest BCUT2D eigenvalue weighted by molar-refractivity contribution is 5.92. The number of carbonyl (C=O) groups is 2. The third-order valence-electron chi connectivity index (χ3n) is 6.02. The first kappa shape index (κ1) is 19.7. The van der Waals surface area contributed by atoms with Crippen LogP contribution < -0.4 is 14.2 Å². The lowest BCUT2D eigenvalue weighted by Gasteiger charge is -2.35. The molecule has 31 heavy (non-hydrogen) atoms. The molecule has 0 spiro atoms. The molecule has 1 aromatic carbocycles. The highest BCUT2D eigenvalue weighted by Crippen LogP contribution is 2.35. The zero-order chi connectivity index (χ0) is 21.4. The highest BCUT2D eigenvalue weighted by Gasteiger charge is 2.30. The monoisotopic (exact) mass is 426 g/mol. The minimum absolute atomic E-state index is 0.0568. The predicted octanol–water partition coefficient (Wildman–Crippen LogP) is 1.70. The Bertz CT molecular complexity index is 972. The van der Waals surface area contributed by atoms with Crippen LogP contribution in [0, 0.1) is 0 Å². The Morgan fingerprint density at radius 3 is 2.58 bits per heavy atom. The van der Waals surface area contributed by atoms with E-state index >= 15 is 0 Å². The number of nitrogens with zero attached hydrogens (tertiary/aromatic N) is 4. The van der Waals surface area contributed by atoms with Crippen molar-refractivity contribution in [3.05, 3.63) is 35.7 Å². The van der Waals surface area contributed by atoms with E-state index in [1.807, 2.05) is 10.7 Å². The van der Waals surface area contributed by atoms with Crippen LogP contribution in [0.2, 0.25) is 0 Å². The molecule has 0 radical (unpaired) electrons. The van der Waals surface area contributed by atoms with Crippen molar-refractivity contribution in [2.45, 2.75) is 38.8 Å². The number of hydrogen-bond acceptors (Lipinski definition) is 6. The standard InChI is InChI=1S/C22H26N4O5/c1-15(31-17-5-6-19-20(13-17)30-14-29-19)21(27)24-8-10-25(11-9-24)22(28)18-12-16-4-2-3-7-26(16)23-18/h5-6,12-13,15H,2-4,7-11,14H2,1H3/t15-/m0/s1. The number of amides is 2. The number of aryl methyl sites for hydroxylation is 2. The van der Waals surface area contributed by atoms with Crippen molar-refractivity contribution < 1.29 is 23.8 Å². The van der Waals surface area contributed by atoms with E-state index in [1.165, 1.54) is 0 Å². The number of ether oxygens (including phenoxy) is 3. The molecule has 9 heteroatoms. The van der Waals surface area contributed by atoms with E-state index in [0.29, 0.717) is 49.1 Å². The van der Waals surface area contributed by atoms with Crippen LogP contribution in [-0.2, 0) is 17.8 Å². The fourth-order valence-electron chi connectivity index (χ4n) is 4.28. The van der Waals surface area contributed by atoms with Gasteiger partial charge in [-0.1, -0.05) is 0 Å². The normalized spacial score (nSPS) is 18.5. The van der Waals surface area contributed by atoms with Gasteiger partial charge in [-0.3, -0.25) is 14.3 Å². The summed E-state index contributed by atoms with van der Waals surface area (Å²) in [4.78, 5) is 29.2. The van der Waals surface area contributed by atoms with Crippen molar-refractivity contribution in [2.24, 2.45) is 0 Å². The summed E-state index contributed by atoms with van der Waals surface area (Å²) >= 11 is 0. The van der Waals surface area contributed by atoms with E-state index in [9.17, 15) is 9.59 Å². The number of hydrogen-bond donors (Lipinski definition) is 0. The van der Waals surface area contributed by atoms with Crippen molar-refractivity contribution in [1.82, 2.24) is 19.6 Å². The van der Waals surface area contributed by atoms with E-state index in [2.05, 4.69) is 5.10 Å². The number of piperazine rings is 1. The maximum Gasteiger partial charge on any atom is 0.274 e. The van der Waals surface area contributed by atoms with Crippen molar-refractivity contribution in [3.8, 4) is 17.2 Å². The fraction of sp³-hybridized carbons (Fsp3) is 0.500. The minimum Gasteiger partial charge on any atom is -0.481 e. The number of aromatic nitrogens is 2. The number of carbonyl (C=O) groups excluding carboxylic acids is 2. The van der Waals surface area contributed by atoms with Crippen LogP contribution in [0.15, 0.2) is 24.3 Å². The van der Waals surface area contributed by atoms with E-state index in [1.54, 1.807) is 34.9 Å². The first-order valence-corrected chi connectivity index (χ1v) is 10.8. The Balaban J connectivity index is 1.15. The zero-order valence-electron chi connectivity index (χ0n) is 17.6. The highest BCUT2D eigenvalue weighted by atomic mass is 16.7. The van der Waals surface area contributed by atoms with Crippen LogP contribution in [0.1, 0.15) is 35.9 Å². The van der Waals surface area contributed by atoms with Crippen LogP contribution in [-0.4, -0.2) is 70.5 Å². The van der Waals surface area contributed by atoms with Gasteiger partial charge in [0.15, 0.2) is 23.3 Å². The van der Waals surface area contributed by atoms with Gasteiger partial charge >= 0.3 is 0 Å². The second-order valence-electron chi connectivity index (χ2n) is 8.09. The third kappa shape index (κ3) is 3.92. The van der Waals surface area contributed by atoms with Gasteiger partial charge in [-0.25, -0.2) is 0 Å². The second kappa shape index (κ2) is 8.13. The molecule has 0 saturated carbocycles. The Morgan fingerprint density at radius 2 is 1.77 bits per heavy atom. The van der Waals surface area contributed by atoms with E-state index in [0.717, 1.165) is 31.5 Å². The molecule has 1 saturated heterocycles. The molecular formula is C22H26N4O5. The van der Waals surface area contributed by atoms with Gasteiger partial charge in [0.2, 0.25) is 6.79 Å². The molecule has 2 amide bonds. The summed E-state index contributed by atoms with van der Waals surface area (Å²) in [5, 5.41) is 4.49. The summed E-state index contributed by atoms with van der Waals surface area (Å²) < 4.78 is 18.4. The first-order chi connectivity index (χ1) is 15.1. The van der Waals surface area contributed by atoms with Gasteiger partial charge in [-0.05, 0) is 44.4 Å². The van der Waals surface area contributed by atoms with Gasteiger partial charge in [0, 0.05) is 44.5 Å². The summed E-state index contributed by atoms with van der Waals surface area (Å²) in [5.41, 5.74) is 1.65. The maximum absolute atomic E-state index is 12.9. The first-order valence-electron chi connectivity index (χ1n) is 10.8. The third-order valence-corrected chi connectivity index (χ3v) is 6.02. The van der Waals surface area contributed by atoms with Crippen molar-refractivity contribution in [2.75, 3.05) is 33.0 Å². The smallest absolute Gasteiger partial charge is 0.274 e. The largest absolute Gasteiger partial charge is 0.481 e. The van der Waals surface area contributed by atoms with Gasteiger partial charge < -0.3 is 24.0 Å². The number of rotatable bonds is 4. The lowest BCUT2D eigenvalue weighted by molar-refractivity contribution is -0.139. The van der Waals surface area contributed by atoms with Gasteiger partial charge in [0.1, 0.15) is 5.75 Å². The summed E-state index contributed by atoms with van der Waals surface area (Å²) in [7, 11) is 0. The molecule has 0 N–H and O–H groups in total. The molecule has 164 valence electrons. The van der Waals surface area contributed by atoms with Crippen molar-refractivity contribution in [3.63, 3.8) is 0 Å². The molecule has 5 rings (SSSR count). The molecule has 1 atom stereocenters. The van der Waals surface area contributed by atoms with Crippen LogP contribution in [0.3, 0.4) is 0 Å². The van der Waals surface area contributed by atoms with Crippen LogP contribution in [0.25, 0.3) is 0 Å². The topological polar surface area (TPSA) is 86.1 Å². The molecule has 4 heterocycles. The van der Waals surface area contributed by atoms with Gasteiger partial charge in [-0.15, -0.1) is 0 Å². The van der Waals surface area contributed by atoms with Crippen molar-refractivity contribution in [1.29, 1.82) is 0 Å². The molecule has 0 bridgehead atoms. The molecule has 1 aromatic heterocycles.